The zero-order valence-corrected chi connectivity index (χ0v) is 9.78. The van der Waals surface area contributed by atoms with Gasteiger partial charge in [-0.3, -0.25) is 0 Å². The fourth-order valence-corrected chi connectivity index (χ4v) is 1.92. The van der Waals surface area contributed by atoms with Gasteiger partial charge in [-0.2, -0.15) is 0 Å². The van der Waals surface area contributed by atoms with Crippen molar-refractivity contribution < 1.29 is 9.90 Å². The predicted octanol–water partition coefficient (Wildman–Crippen LogP) is 1.29. The van der Waals surface area contributed by atoms with E-state index >= 15 is 0 Å². The third-order valence-corrected chi connectivity index (χ3v) is 3.14. The van der Waals surface area contributed by atoms with Gasteiger partial charge in [0.25, 0.3) is 0 Å². The van der Waals surface area contributed by atoms with Gasteiger partial charge >= 0.3 is 6.03 Å². The molecule has 1 saturated carbocycles. The summed E-state index contributed by atoms with van der Waals surface area (Å²) in [6.07, 6.45) is 3.39. The smallest absolute Gasteiger partial charge is 0.320 e. The van der Waals surface area contributed by atoms with Crippen molar-refractivity contribution in [2.24, 2.45) is 0 Å². The second-order valence-corrected chi connectivity index (χ2v) is 3.96. The molecule has 0 spiro atoms. The maximum atomic E-state index is 12.1. The molecule has 4 heteroatoms. The van der Waals surface area contributed by atoms with Gasteiger partial charge in [0.1, 0.15) is 0 Å². The Labute approximate surface area is 91.9 Å². The molecular weight excluding hydrogens is 192 g/mol. The first-order chi connectivity index (χ1) is 7.24. The van der Waals surface area contributed by atoms with Crippen LogP contribution in [0.25, 0.3) is 0 Å². The van der Waals surface area contributed by atoms with E-state index in [2.05, 4.69) is 0 Å². The van der Waals surface area contributed by atoms with E-state index in [4.69, 9.17) is 5.11 Å². The van der Waals surface area contributed by atoms with Crippen LogP contribution in [0, 0.1) is 0 Å². The van der Waals surface area contributed by atoms with Gasteiger partial charge in [-0.05, 0) is 33.1 Å². The maximum absolute atomic E-state index is 12.1. The van der Waals surface area contributed by atoms with E-state index in [1.165, 1.54) is 6.42 Å². The Kier molecular flexibility index (Phi) is 4.88. The maximum Gasteiger partial charge on any atom is 0.320 e. The van der Waals surface area contributed by atoms with Crippen LogP contribution in [-0.2, 0) is 0 Å². The van der Waals surface area contributed by atoms with Gasteiger partial charge in [0, 0.05) is 25.7 Å². The van der Waals surface area contributed by atoms with Crippen LogP contribution >= 0.6 is 0 Å². The molecule has 88 valence electrons. The zero-order valence-electron chi connectivity index (χ0n) is 9.78. The summed E-state index contributed by atoms with van der Waals surface area (Å²) in [4.78, 5) is 15.7. The highest BCUT2D eigenvalue weighted by molar-refractivity contribution is 5.74. The number of carbonyl (C=O) groups is 1. The molecule has 0 aromatic heterocycles. The molecule has 4 nitrogen and oxygen atoms in total. The number of rotatable bonds is 5. The van der Waals surface area contributed by atoms with Gasteiger partial charge in [0.05, 0.1) is 6.61 Å². The van der Waals surface area contributed by atoms with Crippen LogP contribution in [0.5, 0.6) is 0 Å². The molecule has 0 unspecified atom stereocenters. The zero-order chi connectivity index (χ0) is 11.3. The minimum absolute atomic E-state index is 0.0590. The minimum atomic E-state index is 0.0590. The van der Waals surface area contributed by atoms with E-state index in [9.17, 15) is 4.79 Å². The van der Waals surface area contributed by atoms with Crippen molar-refractivity contribution in [2.75, 3.05) is 26.2 Å². The van der Waals surface area contributed by atoms with Crippen molar-refractivity contribution in [3.05, 3.63) is 0 Å². The predicted molar refractivity (Wildman–Crippen MR) is 59.7 cm³/mol. The third-order valence-electron chi connectivity index (χ3n) is 3.14. The van der Waals surface area contributed by atoms with Gasteiger partial charge < -0.3 is 14.9 Å². The van der Waals surface area contributed by atoms with Gasteiger partial charge in [-0.1, -0.05) is 0 Å². The van der Waals surface area contributed by atoms with Crippen molar-refractivity contribution in [2.45, 2.75) is 39.2 Å². The molecule has 1 aliphatic carbocycles. The monoisotopic (exact) mass is 214 g/mol. The molecule has 1 aliphatic rings. The standard InChI is InChI=1S/C11H22N2O2/c1-3-12(4-2)11(15)13(8-9-14)10-6-5-7-10/h10,14H,3-9H2,1-2H3. The molecule has 0 aromatic carbocycles. The molecule has 0 heterocycles. The van der Waals surface area contributed by atoms with Crippen molar-refractivity contribution in [1.82, 2.24) is 9.80 Å². The average molecular weight is 214 g/mol. The van der Waals surface area contributed by atoms with Crippen LogP contribution in [0.1, 0.15) is 33.1 Å². The van der Waals surface area contributed by atoms with E-state index in [-0.39, 0.29) is 12.6 Å². The first-order valence-electron chi connectivity index (χ1n) is 5.91. The van der Waals surface area contributed by atoms with Crippen molar-refractivity contribution in [3.63, 3.8) is 0 Å². The Morgan fingerprint density at radius 3 is 2.27 bits per heavy atom. The summed E-state index contributed by atoms with van der Waals surface area (Å²) in [7, 11) is 0. The number of hydrogen-bond acceptors (Lipinski definition) is 2. The molecule has 0 bridgehead atoms. The summed E-state index contributed by atoms with van der Waals surface area (Å²) in [6.45, 7) is 5.98. The SMILES string of the molecule is CCN(CC)C(=O)N(CCO)C1CCC1. The molecule has 0 aromatic rings. The number of amides is 2. The van der Waals surface area contributed by atoms with Crippen LogP contribution in [0.4, 0.5) is 4.79 Å². The lowest BCUT2D eigenvalue weighted by molar-refractivity contribution is 0.0941. The molecule has 0 saturated heterocycles. The van der Waals surface area contributed by atoms with E-state index in [1.807, 2.05) is 23.6 Å². The molecular formula is C11H22N2O2. The highest BCUT2D eigenvalue weighted by Gasteiger charge is 2.30. The van der Waals surface area contributed by atoms with Crippen LogP contribution < -0.4 is 0 Å². The van der Waals surface area contributed by atoms with E-state index < -0.39 is 0 Å². The lowest BCUT2D eigenvalue weighted by Gasteiger charge is -2.39. The molecule has 0 radical (unpaired) electrons. The van der Waals surface area contributed by atoms with Crippen molar-refractivity contribution >= 4 is 6.03 Å². The minimum Gasteiger partial charge on any atom is -0.395 e. The van der Waals surface area contributed by atoms with E-state index in [0.29, 0.717) is 12.6 Å². The van der Waals surface area contributed by atoms with Gasteiger partial charge in [-0.25, -0.2) is 4.79 Å². The second-order valence-electron chi connectivity index (χ2n) is 3.96. The summed E-state index contributed by atoms with van der Waals surface area (Å²) in [5.74, 6) is 0. The second kappa shape index (κ2) is 5.95. The highest BCUT2D eigenvalue weighted by atomic mass is 16.3. The number of nitrogens with zero attached hydrogens (tertiary/aromatic N) is 2. The molecule has 1 fully saturated rings. The van der Waals surface area contributed by atoms with Crippen LogP contribution in [-0.4, -0.2) is 53.2 Å². The fraction of sp³-hybridized carbons (Fsp3) is 0.909. The van der Waals surface area contributed by atoms with Crippen LogP contribution in [0.3, 0.4) is 0 Å². The van der Waals surface area contributed by atoms with Crippen LogP contribution in [0.15, 0.2) is 0 Å². The molecule has 0 atom stereocenters. The van der Waals surface area contributed by atoms with Crippen molar-refractivity contribution in [3.8, 4) is 0 Å². The first-order valence-corrected chi connectivity index (χ1v) is 5.91. The normalized spacial score (nSPS) is 15.9. The molecule has 0 aliphatic heterocycles. The first kappa shape index (κ1) is 12.3. The molecule has 2 amide bonds. The number of carbonyl (C=O) groups excluding carboxylic acids is 1. The third kappa shape index (κ3) is 2.84. The number of urea groups is 1. The summed E-state index contributed by atoms with van der Waals surface area (Å²) in [5.41, 5.74) is 0. The molecule has 1 N–H and O–H groups in total. The Morgan fingerprint density at radius 2 is 1.93 bits per heavy atom. The van der Waals surface area contributed by atoms with E-state index in [0.717, 1.165) is 25.9 Å². The average Bonchev–Trinajstić information content (AvgIpc) is 2.16. The summed E-state index contributed by atoms with van der Waals surface area (Å²) >= 11 is 0. The fourth-order valence-electron chi connectivity index (χ4n) is 1.92. The lowest BCUT2D eigenvalue weighted by atomic mass is 9.91. The number of hydrogen-bond donors (Lipinski definition) is 1. The lowest BCUT2D eigenvalue weighted by Crippen LogP contribution is -2.51. The van der Waals surface area contributed by atoms with Gasteiger partial charge in [-0.15, -0.1) is 0 Å². The Balaban J connectivity index is 2.56. The van der Waals surface area contributed by atoms with Crippen LogP contribution in [0.2, 0.25) is 0 Å². The molecule has 1 rings (SSSR count). The molecule has 15 heavy (non-hydrogen) atoms. The van der Waals surface area contributed by atoms with Gasteiger partial charge in [0.15, 0.2) is 0 Å². The number of aliphatic hydroxyl groups is 1. The Morgan fingerprint density at radius 1 is 1.33 bits per heavy atom. The Hall–Kier alpha value is -0.770. The summed E-state index contributed by atoms with van der Waals surface area (Å²) in [5, 5.41) is 8.97. The quantitative estimate of drug-likeness (QED) is 0.749. The number of aliphatic hydroxyl groups excluding tert-OH is 1. The highest BCUT2D eigenvalue weighted by Crippen LogP contribution is 2.25. The van der Waals surface area contributed by atoms with Crippen molar-refractivity contribution in [1.29, 1.82) is 0 Å². The topological polar surface area (TPSA) is 43.8 Å². The van der Waals surface area contributed by atoms with Gasteiger partial charge in [0.2, 0.25) is 0 Å². The van der Waals surface area contributed by atoms with E-state index in [1.54, 1.807) is 0 Å². The summed E-state index contributed by atoms with van der Waals surface area (Å²) in [6, 6.07) is 0.448. The Bertz CT molecular complexity index is 201. The summed E-state index contributed by atoms with van der Waals surface area (Å²) < 4.78 is 0. The largest absolute Gasteiger partial charge is 0.395 e.